The summed E-state index contributed by atoms with van der Waals surface area (Å²) in [5.74, 6) is -7.68. The van der Waals surface area contributed by atoms with Gasteiger partial charge >= 0.3 is 0 Å². The molecule has 35 heteroatoms. The number of aliphatic hydroxyl groups excluding tert-OH is 15. The van der Waals surface area contributed by atoms with Crippen LogP contribution in [-0.4, -0.2) is 282 Å². The van der Waals surface area contributed by atoms with Gasteiger partial charge in [-0.1, -0.05) is 71.3 Å². The molecule has 20 N–H and O–H groups in total. The average molecular weight is 1410 g/mol. The molecule has 0 aromatic heterocycles. The van der Waals surface area contributed by atoms with Crippen molar-refractivity contribution in [2.75, 3.05) is 53.4 Å². The van der Waals surface area contributed by atoms with Crippen LogP contribution < -0.4 is 31.3 Å². The van der Waals surface area contributed by atoms with Crippen LogP contribution in [0.5, 0.6) is 5.75 Å². The van der Waals surface area contributed by atoms with Gasteiger partial charge in [0.1, 0.15) is 114 Å². The van der Waals surface area contributed by atoms with Gasteiger partial charge in [-0.15, -0.1) is 0 Å². The minimum absolute atomic E-state index is 0.00477. The molecule has 0 radical (unpaired) electrons. The molecule has 1 aromatic rings. The SMILES string of the molecule is CCCCCCCCCCCOc1cccc(C(=O)NC2C(O[C@H](CCO)/C(O)=C(/NC(C)=O)C(O)OC3C(CO)OC(O[C@H](CCO)/C(O)=C(/NC(C)=O)[C@@H](O)OC4C(CO[C@H](O)/C(OC)=C(\O)C(O)CC)OC[C@@H](NC(C)=O)[C@H]4O)[C@@H](NC(C)=O)[C@H]3O)OC(CO)[C@@H](O)C2O)c1. The van der Waals surface area contributed by atoms with E-state index in [-0.39, 0.29) is 12.0 Å². The number of carbonyl (C=O) groups is 5. The molecule has 0 bridgehead atoms. The van der Waals surface area contributed by atoms with Crippen LogP contribution in [0.25, 0.3) is 0 Å². The van der Waals surface area contributed by atoms with E-state index in [1.165, 1.54) is 51.2 Å². The number of amides is 5. The smallest absolute Gasteiger partial charge is 0.251 e. The largest absolute Gasteiger partial charge is 0.507 e. The predicted octanol–water partition coefficient (Wildman–Crippen LogP) is -2.74. The maximum absolute atomic E-state index is 13.9. The lowest BCUT2D eigenvalue weighted by molar-refractivity contribution is -0.303. The van der Waals surface area contributed by atoms with E-state index in [4.69, 9.17) is 47.4 Å². The fourth-order valence-electron chi connectivity index (χ4n) is 10.9. The first kappa shape index (κ1) is 84.4. The Morgan fingerprint density at radius 1 is 0.582 bits per heavy atom. The first-order chi connectivity index (χ1) is 46.6. The lowest BCUT2D eigenvalue weighted by Gasteiger charge is -2.45. The van der Waals surface area contributed by atoms with Crippen molar-refractivity contribution >= 4 is 29.5 Å². The van der Waals surface area contributed by atoms with Gasteiger partial charge in [-0.3, -0.25) is 24.0 Å². The highest BCUT2D eigenvalue weighted by Gasteiger charge is 2.51. The number of benzene rings is 1. The summed E-state index contributed by atoms with van der Waals surface area (Å²) in [4.78, 5) is 64.4. The van der Waals surface area contributed by atoms with E-state index in [9.17, 15) is 101 Å². The molecular formula is C63H103N5O30. The maximum Gasteiger partial charge on any atom is 0.251 e. The summed E-state index contributed by atoms with van der Waals surface area (Å²) in [6, 6.07) is 1.22. The first-order valence-corrected chi connectivity index (χ1v) is 32.6. The molecule has 98 heavy (non-hydrogen) atoms. The molecule has 4 rings (SSSR count). The molecule has 3 aliphatic rings. The highest BCUT2D eigenvalue weighted by molar-refractivity contribution is 5.94. The maximum atomic E-state index is 13.9. The van der Waals surface area contributed by atoms with Crippen LogP contribution in [0.4, 0.5) is 0 Å². The molecule has 3 saturated heterocycles. The van der Waals surface area contributed by atoms with E-state index >= 15 is 0 Å². The van der Waals surface area contributed by atoms with E-state index in [1.807, 2.05) is 0 Å². The van der Waals surface area contributed by atoms with Crippen LogP contribution in [-0.2, 0) is 61.8 Å². The Morgan fingerprint density at radius 3 is 1.58 bits per heavy atom. The topological polar surface area (TPSA) is 541 Å². The summed E-state index contributed by atoms with van der Waals surface area (Å²) in [5.41, 5.74) is -1.86. The van der Waals surface area contributed by atoms with Gasteiger partial charge in [-0.05, 0) is 31.0 Å². The first-order valence-electron chi connectivity index (χ1n) is 32.6. The average Bonchev–Trinajstić information content (AvgIpc) is 0.789. The quantitative estimate of drug-likeness (QED) is 0.0179. The summed E-state index contributed by atoms with van der Waals surface area (Å²) >= 11 is 0. The summed E-state index contributed by atoms with van der Waals surface area (Å²) in [5, 5.41) is 178. The van der Waals surface area contributed by atoms with Gasteiger partial charge in [0.15, 0.2) is 36.7 Å². The molecule has 3 fully saturated rings. The molecular weight excluding hydrogens is 1310 g/mol. The van der Waals surface area contributed by atoms with Crippen molar-refractivity contribution in [2.24, 2.45) is 0 Å². The fourth-order valence-corrected chi connectivity index (χ4v) is 10.9. The van der Waals surface area contributed by atoms with E-state index in [1.54, 1.807) is 12.1 Å². The molecule has 1 aromatic carbocycles. The Labute approximate surface area is 567 Å². The highest BCUT2D eigenvalue weighted by Crippen LogP contribution is 2.33. The number of methoxy groups -OCH3 is 1. The third-order valence-electron chi connectivity index (χ3n) is 16.1. The fraction of sp³-hybridized carbons (Fsp3) is 0.730. The minimum Gasteiger partial charge on any atom is -0.507 e. The van der Waals surface area contributed by atoms with Crippen molar-refractivity contribution in [3.8, 4) is 5.75 Å². The van der Waals surface area contributed by atoms with Crippen molar-refractivity contribution in [2.45, 2.75) is 241 Å². The zero-order valence-electron chi connectivity index (χ0n) is 56.1. The lowest BCUT2D eigenvalue weighted by atomic mass is 9.96. The van der Waals surface area contributed by atoms with Crippen molar-refractivity contribution in [3.63, 3.8) is 0 Å². The summed E-state index contributed by atoms with van der Waals surface area (Å²) in [6.07, 6.45) is -24.5. The van der Waals surface area contributed by atoms with Crippen molar-refractivity contribution in [1.82, 2.24) is 26.6 Å². The molecule has 3 aliphatic heterocycles. The highest BCUT2D eigenvalue weighted by atomic mass is 16.7. The Hall–Kier alpha value is -6.01. The number of carbonyl (C=O) groups excluding carboxylic acids is 5. The van der Waals surface area contributed by atoms with Crippen LogP contribution in [0.2, 0.25) is 0 Å². The van der Waals surface area contributed by atoms with Crippen molar-refractivity contribution < 1.29 is 148 Å². The van der Waals surface area contributed by atoms with Gasteiger partial charge in [0.2, 0.25) is 29.9 Å². The van der Waals surface area contributed by atoms with Gasteiger partial charge in [0.05, 0.1) is 46.2 Å². The second-order valence-corrected chi connectivity index (χ2v) is 23.7. The predicted molar refractivity (Wildman–Crippen MR) is 338 cm³/mol. The number of unbranched alkanes of at least 4 members (excludes halogenated alkanes) is 8. The zero-order chi connectivity index (χ0) is 72.9. The minimum atomic E-state index is -2.60. The molecule has 3 heterocycles. The molecule has 5 amide bonds. The number of hydrogen-bond donors (Lipinski definition) is 20. The van der Waals surface area contributed by atoms with Crippen LogP contribution in [0, 0.1) is 0 Å². The Morgan fingerprint density at radius 2 is 1.09 bits per heavy atom. The lowest BCUT2D eigenvalue weighted by Crippen LogP contribution is -2.66. The molecule has 0 aliphatic carbocycles. The third kappa shape index (κ3) is 25.3. The van der Waals surface area contributed by atoms with E-state index in [0.29, 0.717) is 12.4 Å². The zero-order valence-corrected chi connectivity index (χ0v) is 56.1. The third-order valence-corrected chi connectivity index (χ3v) is 16.1. The van der Waals surface area contributed by atoms with E-state index < -0.39 is 239 Å². The molecule has 0 spiro atoms. The summed E-state index contributed by atoms with van der Waals surface area (Å²) < 4.78 is 57.6. The van der Waals surface area contributed by atoms with Gasteiger partial charge in [-0.2, -0.15) is 0 Å². The van der Waals surface area contributed by atoms with Crippen LogP contribution >= 0.6 is 0 Å². The molecule has 560 valence electrons. The van der Waals surface area contributed by atoms with Crippen LogP contribution in [0.15, 0.2) is 58.7 Å². The molecule has 11 unspecified atom stereocenters. The number of hydrogen-bond acceptors (Lipinski definition) is 30. The Bertz CT molecular complexity index is 2730. The van der Waals surface area contributed by atoms with E-state index in [0.717, 1.165) is 60.5 Å². The van der Waals surface area contributed by atoms with Crippen LogP contribution in [0.1, 0.15) is 129 Å². The van der Waals surface area contributed by atoms with E-state index in [2.05, 4.69) is 33.5 Å². The number of aliphatic hydroxyl groups is 15. The number of ether oxygens (including phenoxy) is 10. The summed E-state index contributed by atoms with van der Waals surface area (Å²) in [7, 11) is 1.06. The molecule has 0 saturated carbocycles. The van der Waals surface area contributed by atoms with Crippen molar-refractivity contribution in [3.05, 3.63) is 64.3 Å². The molecule has 20 atom stereocenters. The number of nitrogens with one attached hydrogen (secondary N) is 5. The van der Waals surface area contributed by atoms with Crippen molar-refractivity contribution in [1.29, 1.82) is 0 Å². The summed E-state index contributed by atoms with van der Waals surface area (Å²) in [6.45, 7) is 3.11. The van der Waals surface area contributed by atoms with Gasteiger partial charge < -0.3 is 151 Å². The standard InChI is InChI=1S/C63H103N5O30/c1-8-10-11-12-13-14-15-16-17-25-90-36-20-18-19-35(26-36)58(85)68-46-53(83)52(82)41(27-71)95-62(46)93-39(21-23-69)50(80)44(65-32(4)74)59(86)97-55-42(28-72)96-63(47(54(55)84)67-34(6)76)94-40(22-24-70)51(81)45(66-33(5)75)60(87)98-56-43(91-29-37(48(56)78)64-31(3)73)30-92-61(88)57(89-7)49(79)38(77)9-2/h18-20,26,37-43,46-48,52-56,59-63,69-72,77-84,86-88H,8-17,21-25,27-30H2,1-7H3,(H,64,73)(H,65,74)(H,66,75)(H,67,76)(H,68,85)/b50-44-,51-45-,57-49+/t37-,38?,39-,40-,41?,42?,43?,46?,47+,48-,52-,53?,54-,55?,56?,59?,60+,61+,62?,63?/m1/s1. The molecule has 35 nitrogen and oxygen atoms in total. The van der Waals surface area contributed by atoms with Gasteiger partial charge in [-0.25, -0.2) is 0 Å². The Balaban J connectivity index is 1.64. The number of rotatable bonds is 42. The Kier molecular flexibility index (Phi) is 37.0. The second-order valence-electron chi connectivity index (χ2n) is 23.7. The monoisotopic (exact) mass is 1410 g/mol. The second kappa shape index (κ2) is 42.9. The van der Waals surface area contributed by atoms with Crippen LogP contribution in [0.3, 0.4) is 0 Å². The van der Waals surface area contributed by atoms with Gasteiger partial charge in [0, 0.05) is 59.3 Å². The normalized spacial score (nSPS) is 27.7. The van der Waals surface area contributed by atoms with Gasteiger partial charge in [0.25, 0.3) is 5.91 Å².